The molecular formula is C13H15N3O3S. The Morgan fingerprint density at radius 1 is 1.50 bits per heavy atom. The maximum atomic E-state index is 11.9. The smallest absolute Gasteiger partial charge is 0.355 e. The quantitative estimate of drug-likeness (QED) is 0.627. The molecule has 0 aliphatic carbocycles. The van der Waals surface area contributed by atoms with Crippen molar-refractivity contribution in [3.05, 3.63) is 34.4 Å². The second-order valence-electron chi connectivity index (χ2n) is 4.23. The lowest BCUT2D eigenvalue weighted by molar-refractivity contribution is -0.142. The summed E-state index contributed by atoms with van der Waals surface area (Å²) in [6.45, 7) is 5.69. The Balaban J connectivity index is 2.31. The van der Waals surface area contributed by atoms with E-state index in [1.54, 1.807) is 26.1 Å². The first-order valence-corrected chi connectivity index (χ1v) is 7.09. The van der Waals surface area contributed by atoms with Crippen LogP contribution in [-0.2, 0) is 9.53 Å². The van der Waals surface area contributed by atoms with E-state index in [9.17, 15) is 9.59 Å². The van der Waals surface area contributed by atoms with Crippen molar-refractivity contribution in [1.82, 2.24) is 14.4 Å². The van der Waals surface area contributed by atoms with Gasteiger partial charge >= 0.3 is 11.7 Å². The van der Waals surface area contributed by atoms with Crippen LogP contribution >= 0.6 is 11.8 Å². The van der Waals surface area contributed by atoms with Gasteiger partial charge < -0.3 is 4.74 Å². The van der Waals surface area contributed by atoms with Gasteiger partial charge in [-0.2, -0.15) is 4.98 Å². The maximum Gasteiger partial charge on any atom is 0.355 e. The Morgan fingerprint density at radius 2 is 2.25 bits per heavy atom. The van der Waals surface area contributed by atoms with Gasteiger partial charge in [-0.3, -0.25) is 9.20 Å². The monoisotopic (exact) mass is 293 g/mol. The van der Waals surface area contributed by atoms with Gasteiger partial charge in [0.15, 0.2) is 5.16 Å². The summed E-state index contributed by atoms with van der Waals surface area (Å²) in [7, 11) is 0. The highest BCUT2D eigenvalue weighted by molar-refractivity contribution is 8.00. The molecule has 2 heterocycles. The first-order chi connectivity index (χ1) is 9.51. The Labute approximate surface area is 120 Å². The minimum Gasteiger partial charge on any atom is -0.465 e. The molecule has 0 aliphatic heterocycles. The van der Waals surface area contributed by atoms with Crippen molar-refractivity contribution < 1.29 is 9.53 Å². The normalized spacial score (nSPS) is 12.3. The predicted molar refractivity (Wildman–Crippen MR) is 75.9 cm³/mol. The number of ether oxygens (including phenoxy) is 1. The summed E-state index contributed by atoms with van der Waals surface area (Å²) >= 11 is 1.12. The molecule has 2 aromatic heterocycles. The van der Waals surface area contributed by atoms with Gasteiger partial charge in [-0.1, -0.05) is 11.8 Å². The molecule has 106 valence electrons. The van der Waals surface area contributed by atoms with Crippen molar-refractivity contribution >= 4 is 23.4 Å². The Hall–Kier alpha value is -1.89. The average molecular weight is 293 g/mol. The lowest BCUT2D eigenvalue weighted by Gasteiger charge is -2.09. The number of esters is 1. The van der Waals surface area contributed by atoms with Gasteiger partial charge in [-0.15, -0.1) is 0 Å². The van der Waals surface area contributed by atoms with Gasteiger partial charge in [0.25, 0.3) is 0 Å². The van der Waals surface area contributed by atoms with Crippen molar-refractivity contribution in [3.8, 4) is 0 Å². The van der Waals surface area contributed by atoms with Gasteiger partial charge in [0.2, 0.25) is 0 Å². The summed E-state index contributed by atoms with van der Waals surface area (Å²) in [5.41, 5.74) is 1.11. The number of hydrogen-bond acceptors (Lipinski definition) is 6. The number of hydrogen-bond donors (Lipinski definition) is 0. The van der Waals surface area contributed by atoms with Gasteiger partial charge in [-0.05, 0) is 38.5 Å². The van der Waals surface area contributed by atoms with Gasteiger partial charge in [0, 0.05) is 6.20 Å². The van der Waals surface area contributed by atoms with Crippen LogP contribution in [0.2, 0.25) is 0 Å². The predicted octanol–water partition coefficient (Wildman–Crippen LogP) is 1.44. The SMILES string of the molecule is CCOC(=O)C(C)Sc1nc(=O)n2ccc(C)cc2n1. The molecule has 7 heteroatoms. The molecule has 1 atom stereocenters. The van der Waals surface area contributed by atoms with E-state index >= 15 is 0 Å². The first-order valence-electron chi connectivity index (χ1n) is 6.21. The zero-order chi connectivity index (χ0) is 14.7. The minimum absolute atomic E-state index is 0.279. The Bertz CT molecular complexity index is 699. The van der Waals surface area contributed by atoms with Crippen molar-refractivity contribution in [3.63, 3.8) is 0 Å². The summed E-state index contributed by atoms with van der Waals surface area (Å²) in [6.07, 6.45) is 1.64. The number of aryl methyl sites for hydroxylation is 1. The summed E-state index contributed by atoms with van der Waals surface area (Å²) < 4.78 is 6.28. The third-order valence-corrected chi connectivity index (χ3v) is 3.54. The molecule has 2 rings (SSSR count). The average Bonchev–Trinajstić information content (AvgIpc) is 2.38. The molecule has 0 N–H and O–H groups in total. The van der Waals surface area contributed by atoms with Crippen LogP contribution in [0.5, 0.6) is 0 Å². The largest absolute Gasteiger partial charge is 0.465 e. The molecule has 6 nitrogen and oxygen atoms in total. The van der Waals surface area contributed by atoms with Gasteiger partial charge in [-0.25, -0.2) is 9.78 Å². The highest BCUT2D eigenvalue weighted by Gasteiger charge is 2.17. The van der Waals surface area contributed by atoms with Crippen LogP contribution in [0.3, 0.4) is 0 Å². The van der Waals surface area contributed by atoms with Crippen molar-refractivity contribution in [1.29, 1.82) is 0 Å². The lowest BCUT2D eigenvalue weighted by Crippen LogP contribution is -2.21. The number of carbonyl (C=O) groups excluding carboxylic acids is 1. The van der Waals surface area contributed by atoms with Crippen LogP contribution in [0.15, 0.2) is 28.3 Å². The molecule has 0 aromatic carbocycles. The van der Waals surface area contributed by atoms with Crippen LogP contribution in [0.1, 0.15) is 19.4 Å². The summed E-state index contributed by atoms with van der Waals surface area (Å²) in [6, 6.07) is 3.61. The summed E-state index contributed by atoms with van der Waals surface area (Å²) in [4.78, 5) is 31.6. The van der Waals surface area contributed by atoms with Crippen LogP contribution in [0.4, 0.5) is 0 Å². The molecule has 0 amide bonds. The topological polar surface area (TPSA) is 73.6 Å². The van der Waals surface area contributed by atoms with E-state index in [0.29, 0.717) is 12.3 Å². The fourth-order valence-electron chi connectivity index (χ4n) is 1.61. The standard InChI is InChI=1S/C13H15N3O3S/c1-4-19-11(17)9(3)20-12-14-10-7-8(2)5-6-16(10)13(18)15-12/h5-7,9H,4H2,1-3H3. The lowest BCUT2D eigenvalue weighted by atomic mass is 10.3. The first kappa shape index (κ1) is 14.5. The second-order valence-corrected chi connectivity index (χ2v) is 5.54. The zero-order valence-electron chi connectivity index (χ0n) is 11.5. The molecule has 2 aromatic rings. The highest BCUT2D eigenvalue weighted by Crippen LogP contribution is 2.19. The molecular weight excluding hydrogens is 278 g/mol. The van der Waals surface area contributed by atoms with Gasteiger partial charge in [0.1, 0.15) is 10.9 Å². The fourth-order valence-corrected chi connectivity index (χ4v) is 2.37. The van der Waals surface area contributed by atoms with Crippen LogP contribution in [-0.4, -0.2) is 32.2 Å². The number of nitrogens with zero attached hydrogens (tertiary/aromatic N) is 3. The summed E-state index contributed by atoms with van der Waals surface area (Å²) in [5, 5.41) is -0.178. The Kier molecular flexibility index (Phi) is 4.39. The minimum atomic E-state index is -0.457. The van der Waals surface area contributed by atoms with Crippen LogP contribution < -0.4 is 5.69 Å². The Morgan fingerprint density at radius 3 is 2.95 bits per heavy atom. The van der Waals surface area contributed by atoms with E-state index in [4.69, 9.17) is 4.74 Å². The number of fused-ring (bicyclic) bond motifs is 1. The third-order valence-electron chi connectivity index (χ3n) is 2.60. The van der Waals surface area contributed by atoms with Crippen molar-refractivity contribution in [2.45, 2.75) is 31.2 Å². The molecule has 0 fully saturated rings. The summed E-state index contributed by atoms with van der Waals surface area (Å²) in [5.74, 6) is -0.342. The molecule has 0 bridgehead atoms. The van der Waals surface area contributed by atoms with E-state index < -0.39 is 10.9 Å². The van der Waals surface area contributed by atoms with E-state index in [2.05, 4.69) is 9.97 Å². The molecule has 0 saturated carbocycles. The molecule has 0 spiro atoms. The molecule has 20 heavy (non-hydrogen) atoms. The molecule has 0 saturated heterocycles. The van der Waals surface area contributed by atoms with Crippen molar-refractivity contribution in [2.75, 3.05) is 6.61 Å². The zero-order valence-corrected chi connectivity index (χ0v) is 12.3. The van der Waals surface area contributed by atoms with E-state index in [-0.39, 0.29) is 11.1 Å². The van der Waals surface area contributed by atoms with Crippen molar-refractivity contribution in [2.24, 2.45) is 0 Å². The number of rotatable bonds is 4. The van der Waals surface area contributed by atoms with E-state index in [0.717, 1.165) is 17.3 Å². The van der Waals surface area contributed by atoms with Crippen LogP contribution in [0.25, 0.3) is 5.65 Å². The molecule has 1 unspecified atom stereocenters. The molecule has 0 radical (unpaired) electrons. The number of carbonyl (C=O) groups is 1. The number of pyridine rings is 1. The van der Waals surface area contributed by atoms with Crippen LogP contribution in [0, 0.1) is 6.92 Å². The van der Waals surface area contributed by atoms with E-state index in [1.807, 2.05) is 13.0 Å². The maximum absolute atomic E-state index is 11.9. The fraction of sp³-hybridized carbons (Fsp3) is 0.385. The highest BCUT2D eigenvalue weighted by atomic mass is 32.2. The van der Waals surface area contributed by atoms with Gasteiger partial charge in [0.05, 0.1) is 6.61 Å². The second kappa shape index (κ2) is 6.04. The number of thioether (sulfide) groups is 1. The third kappa shape index (κ3) is 3.16. The van der Waals surface area contributed by atoms with E-state index in [1.165, 1.54) is 4.40 Å². The number of aromatic nitrogens is 3. The molecule has 0 aliphatic rings.